The molecule has 0 aromatic heterocycles. The van der Waals surface area contributed by atoms with Gasteiger partial charge in [-0.25, -0.2) is 4.79 Å². The average molecular weight is 392 g/mol. The molecule has 4 heteroatoms. The van der Waals surface area contributed by atoms with Crippen LogP contribution in [0.2, 0.25) is 0 Å². The summed E-state index contributed by atoms with van der Waals surface area (Å²) >= 11 is 0. The highest BCUT2D eigenvalue weighted by Gasteiger charge is 2.56. The first kappa shape index (κ1) is 18.8. The number of hydrogen-bond acceptors (Lipinski definition) is 4. The summed E-state index contributed by atoms with van der Waals surface area (Å²) in [7, 11) is 1.40. The summed E-state index contributed by atoms with van der Waals surface area (Å²) in [5, 5.41) is 14.8. The maximum absolute atomic E-state index is 11.6. The lowest BCUT2D eigenvalue weighted by Gasteiger charge is -2.60. The largest absolute Gasteiger partial charge is 0.465 e. The van der Waals surface area contributed by atoms with Gasteiger partial charge in [0.25, 0.3) is 0 Å². The first-order valence-corrected chi connectivity index (χ1v) is 10.7. The zero-order chi connectivity index (χ0) is 20.1. The molecule has 4 fully saturated rings. The molecule has 0 radical (unpaired) electrons. The molecule has 152 valence electrons. The molecular formula is C25H29NO3. The molecule has 29 heavy (non-hydrogen) atoms. The average Bonchev–Trinajstić information content (AvgIpc) is 2.70. The van der Waals surface area contributed by atoms with Gasteiger partial charge in [-0.2, -0.15) is 0 Å². The molecule has 4 nitrogen and oxygen atoms in total. The summed E-state index contributed by atoms with van der Waals surface area (Å²) in [5.74, 6) is 1.08. The van der Waals surface area contributed by atoms with Gasteiger partial charge in [-0.15, -0.1) is 0 Å². The maximum Gasteiger partial charge on any atom is 0.337 e. The fraction of sp³-hybridized carbons (Fsp3) is 0.480. The Morgan fingerprint density at radius 2 is 1.59 bits per heavy atom. The van der Waals surface area contributed by atoms with E-state index in [-0.39, 0.29) is 11.5 Å². The number of aliphatic hydroxyl groups is 1. The van der Waals surface area contributed by atoms with Crippen molar-refractivity contribution in [2.24, 2.45) is 11.8 Å². The molecule has 4 saturated carbocycles. The lowest BCUT2D eigenvalue weighted by Crippen LogP contribution is -2.64. The second-order valence-corrected chi connectivity index (χ2v) is 9.59. The van der Waals surface area contributed by atoms with Crippen molar-refractivity contribution < 1.29 is 14.6 Å². The highest BCUT2D eigenvalue weighted by Crippen LogP contribution is 2.57. The molecule has 2 aromatic rings. The van der Waals surface area contributed by atoms with Gasteiger partial charge in [0.05, 0.1) is 18.3 Å². The lowest BCUT2D eigenvalue weighted by molar-refractivity contribution is -0.142. The lowest BCUT2D eigenvalue weighted by atomic mass is 9.51. The van der Waals surface area contributed by atoms with Gasteiger partial charge in [0.15, 0.2) is 0 Å². The van der Waals surface area contributed by atoms with E-state index in [4.69, 9.17) is 4.74 Å². The van der Waals surface area contributed by atoms with Crippen LogP contribution < -0.4 is 5.32 Å². The first-order valence-electron chi connectivity index (χ1n) is 10.7. The molecule has 0 saturated heterocycles. The molecule has 4 aliphatic carbocycles. The summed E-state index contributed by atoms with van der Waals surface area (Å²) < 4.78 is 4.76. The highest BCUT2D eigenvalue weighted by atomic mass is 16.5. The van der Waals surface area contributed by atoms with Crippen LogP contribution in [0.1, 0.15) is 54.4 Å². The number of nitrogens with one attached hydrogen (secondary N) is 1. The number of carbonyl (C=O) groups excluding carboxylic acids is 1. The minimum atomic E-state index is -0.419. The van der Waals surface area contributed by atoms with Crippen LogP contribution in [0.25, 0.3) is 11.1 Å². The van der Waals surface area contributed by atoms with Gasteiger partial charge >= 0.3 is 5.97 Å². The van der Waals surface area contributed by atoms with E-state index in [1.807, 2.05) is 12.1 Å². The molecule has 0 heterocycles. The number of rotatable bonds is 5. The van der Waals surface area contributed by atoms with Crippen LogP contribution in [0.15, 0.2) is 48.5 Å². The number of methoxy groups -OCH3 is 1. The number of carbonyl (C=O) groups is 1. The van der Waals surface area contributed by atoms with E-state index >= 15 is 0 Å². The van der Waals surface area contributed by atoms with Crippen LogP contribution >= 0.6 is 0 Å². The molecule has 6 rings (SSSR count). The van der Waals surface area contributed by atoms with Gasteiger partial charge in [0.1, 0.15) is 0 Å². The Labute approximate surface area is 172 Å². The standard InChI is InChI=1S/C25H29NO3/c1-29-23(27)22-8-6-21(7-9-22)20-4-2-17(3-5-20)15-26-24-11-18-10-19(12-24)14-25(28,13-18)16-24/h2-9,18-19,26,28H,10-16H2,1H3. The van der Waals surface area contributed by atoms with E-state index in [0.29, 0.717) is 17.4 Å². The van der Waals surface area contributed by atoms with Crippen molar-refractivity contribution in [1.29, 1.82) is 0 Å². The van der Waals surface area contributed by atoms with Crippen LogP contribution in [-0.2, 0) is 11.3 Å². The second kappa shape index (κ2) is 6.96. The zero-order valence-electron chi connectivity index (χ0n) is 17.0. The summed E-state index contributed by atoms with van der Waals surface area (Å²) in [5.41, 5.74) is 3.75. The Hall–Kier alpha value is -2.17. The summed E-state index contributed by atoms with van der Waals surface area (Å²) in [6.07, 6.45) is 6.69. The highest BCUT2D eigenvalue weighted by molar-refractivity contribution is 5.89. The minimum Gasteiger partial charge on any atom is -0.465 e. The number of benzene rings is 2. The molecular weight excluding hydrogens is 362 g/mol. The van der Waals surface area contributed by atoms with Crippen molar-refractivity contribution in [2.45, 2.75) is 56.2 Å². The molecule has 2 unspecified atom stereocenters. The van der Waals surface area contributed by atoms with Gasteiger partial charge in [-0.05, 0) is 79.2 Å². The van der Waals surface area contributed by atoms with Crippen LogP contribution in [0.5, 0.6) is 0 Å². The second-order valence-electron chi connectivity index (χ2n) is 9.59. The fourth-order valence-electron chi connectivity index (χ4n) is 6.44. The van der Waals surface area contributed by atoms with Crippen molar-refractivity contribution in [3.8, 4) is 11.1 Å². The van der Waals surface area contributed by atoms with E-state index in [9.17, 15) is 9.90 Å². The maximum atomic E-state index is 11.6. The molecule has 0 spiro atoms. The Morgan fingerprint density at radius 1 is 1.00 bits per heavy atom. The van der Waals surface area contributed by atoms with Gasteiger partial charge in [-0.3, -0.25) is 0 Å². The van der Waals surface area contributed by atoms with E-state index in [1.54, 1.807) is 12.1 Å². The predicted octanol–water partition coefficient (Wildman–Crippen LogP) is 4.31. The number of hydrogen-bond donors (Lipinski definition) is 2. The van der Waals surface area contributed by atoms with Crippen molar-refractivity contribution in [3.63, 3.8) is 0 Å². The summed E-state index contributed by atoms with van der Waals surface area (Å²) in [4.78, 5) is 11.6. The molecule has 4 aliphatic rings. The third-order valence-electron chi connectivity index (χ3n) is 7.29. The van der Waals surface area contributed by atoms with Crippen LogP contribution in [0.4, 0.5) is 0 Å². The summed E-state index contributed by atoms with van der Waals surface area (Å²) in [6.45, 7) is 0.844. The van der Waals surface area contributed by atoms with Crippen LogP contribution in [0, 0.1) is 11.8 Å². The molecule has 4 bridgehead atoms. The van der Waals surface area contributed by atoms with E-state index in [0.717, 1.165) is 36.9 Å². The van der Waals surface area contributed by atoms with Crippen molar-refractivity contribution >= 4 is 5.97 Å². The Balaban J connectivity index is 1.25. The number of esters is 1. The zero-order valence-corrected chi connectivity index (χ0v) is 17.0. The SMILES string of the molecule is COC(=O)c1ccc(-c2ccc(CNC34CC5CC(CC(O)(C5)C3)C4)cc2)cc1. The first-order chi connectivity index (χ1) is 14.0. The molecule has 2 atom stereocenters. The van der Waals surface area contributed by atoms with Gasteiger partial charge < -0.3 is 15.2 Å². The van der Waals surface area contributed by atoms with Crippen molar-refractivity contribution in [1.82, 2.24) is 5.32 Å². The smallest absolute Gasteiger partial charge is 0.337 e. The van der Waals surface area contributed by atoms with Gasteiger partial charge in [0, 0.05) is 12.1 Å². The minimum absolute atomic E-state index is 0.126. The topological polar surface area (TPSA) is 58.6 Å². The normalized spacial score (nSPS) is 32.3. The van der Waals surface area contributed by atoms with E-state index in [2.05, 4.69) is 29.6 Å². The molecule has 0 amide bonds. The fourth-order valence-corrected chi connectivity index (χ4v) is 6.44. The Morgan fingerprint density at radius 3 is 2.14 bits per heavy atom. The van der Waals surface area contributed by atoms with E-state index in [1.165, 1.54) is 31.9 Å². The Bertz CT molecular complexity index is 889. The molecule has 0 aliphatic heterocycles. The van der Waals surface area contributed by atoms with Crippen molar-refractivity contribution in [2.75, 3.05) is 7.11 Å². The number of ether oxygens (including phenoxy) is 1. The van der Waals surface area contributed by atoms with Crippen LogP contribution in [0.3, 0.4) is 0 Å². The van der Waals surface area contributed by atoms with Gasteiger partial charge in [0.2, 0.25) is 0 Å². The third-order valence-corrected chi connectivity index (χ3v) is 7.29. The Kier molecular flexibility index (Phi) is 4.52. The monoisotopic (exact) mass is 391 g/mol. The quantitative estimate of drug-likeness (QED) is 0.746. The van der Waals surface area contributed by atoms with Crippen molar-refractivity contribution in [3.05, 3.63) is 59.7 Å². The third kappa shape index (κ3) is 3.60. The van der Waals surface area contributed by atoms with Crippen LogP contribution in [-0.4, -0.2) is 29.3 Å². The summed E-state index contributed by atoms with van der Waals surface area (Å²) in [6, 6.07) is 16.1. The predicted molar refractivity (Wildman–Crippen MR) is 112 cm³/mol. The molecule has 2 aromatic carbocycles. The van der Waals surface area contributed by atoms with Gasteiger partial charge in [-0.1, -0.05) is 36.4 Å². The van der Waals surface area contributed by atoms with E-state index < -0.39 is 5.60 Å². The molecule has 2 N–H and O–H groups in total.